The summed E-state index contributed by atoms with van der Waals surface area (Å²) in [6.45, 7) is 9.64. The summed E-state index contributed by atoms with van der Waals surface area (Å²) in [5.41, 5.74) is 2.41. The maximum Gasteiger partial charge on any atom is 0.425 e. The van der Waals surface area contributed by atoms with Gasteiger partial charge in [-0.3, -0.25) is 14.7 Å². The SMILES string of the molecule is COc1ccc(C(O[C@H]2CO[C@@H](n3cnc4c(OC(=O)N(c5ccccc5)c5ccccc5)nc(NC(C)=O)nc43)C2OP(OCCC#N)N(C(C)C)C(C)C)(c2ccccc2)c2ccc(OC)cc2)cc1. The third-order valence-electron chi connectivity index (χ3n) is 11.8. The minimum Gasteiger partial charge on any atom is -0.497 e. The van der Waals surface area contributed by atoms with Crippen LogP contribution in [0.15, 0.2) is 146 Å². The van der Waals surface area contributed by atoms with Crippen LogP contribution in [0.4, 0.5) is 22.1 Å². The molecule has 72 heavy (non-hydrogen) atoms. The summed E-state index contributed by atoms with van der Waals surface area (Å²) in [6, 6.07) is 45.5. The second kappa shape index (κ2) is 23.3. The number of nitrogens with zero attached hydrogens (tertiary/aromatic N) is 7. The summed E-state index contributed by atoms with van der Waals surface area (Å²) in [6.07, 6.45) is -2.03. The van der Waals surface area contributed by atoms with Gasteiger partial charge in [0.05, 0.1) is 57.6 Å². The Morgan fingerprint density at radius 1 is 0.806 bits per heavy atom. The molecule has 4 atom stereocenters. The van der Waals surface area contributed by atoms with Gasteiger partial charge in [0.1, 0.15) is 29.3 Å². The fourth-order valence-electron chi connectivity index (χ4n) is 8.68. The molecule has 2 amide bonds. The quantitative estimate of drug-likeness (QED) is 0.0432. The number of anilines is 3. The zero-order valence-corrected chi connectivity index (χ0v) is 42.0. The van der Waals surface area contributed by atoms with E-state index in [1.807, 2.05) is 115 Å². The Labute approximate surface area is 420 Å². The summed E-state index contributed by atoms with van der Waals surface area (Å²) in [5, 5.41) is 12.3. The van der Waals surface area contributed by atoms with Gasteiger partial charge in [0, 0.05) is 19.0 Å². The number of carbonyl (C=O) groups is 2. The zero-order chi connectivity index (χ0) is 50.8. The minimum absolute atomic E-state index is 0.00475. The Bertz CT molecular complexity index is 2850. The summed E-state index contributed by atoms with van der Waals surface area (Å²) < 4.78 is 49.5. The van der Waals surface area contributed by atoms with Crippen molar-refractivity contribution in [2.24, 2.45) is 0 Å². The summed E-state index contributed by atoms with van der Waals surface area (Å²) >= 11 is 0. The number of carbonyl (C=O) groups excluding carboxylic acids is 2. The molecule has 3 heterocycles. The molecule has 0 radical (unpaired) electrons. The van der Waals surface area contributed by atoms with Crippen LogP contribution in [0, 0.1) is 11.3 Å². The molecule has 1 fully saturated rings. The number of methoxy groups -OCH3 is 2. The highest BCUT2D eigenvalue weighted by molar-refractivity contribution is 7.44. The topological polar surface area (TPSA) is 185 Å². The molecule has 8 rings (SSSR count). The number of hydrogen-bond acceptors (Lipinski definition) is 14. The van der Waals surface area contributed by atoms with Gasteiger partial charge in [0.25, 0.3) is 14.4 Å². The third kappa shape index (κ3) is 11.1. The van der Waals surface area contributed by atoms with E-state index in [4.69, 9.17) is 42.7 Å². The van der Waals surface area contributed by atoms with E-state index in [-0.39, 0.29) is 54.7 Å². The van der Waals surface area contributed by atoms with Crippen molar-refractivity contribution < 1.29 is 42.3 Å². The van der Waals surface area contributed by atoms with Gasteiger partial charge in [-0.2, -0.15) is 15.2 Å². The van der Waals surface area contributed by atoms with Gasteiger partial charge in [-0.15, -0.1) is 0 Å². The van der Waals surface area contributed by atoms with Crippen LogP contribution in [0.3, 0.4) is 0 Å². The molecular formula is C54H57N8O9P. The average Bonchev–Trinajstić information content (AvgIpc) is 3.99. The van der Waals surface area contributed by atoms with Crippen molar-refractivity contribution >= 4 is 49.0 Å². The van der Waals surface area contributed by atoms with Crippen molar-refractivity contribution in [2.45, 2.75) is 77.2 Å². The van der Waals surface area contributed by atoms with Crippen molar-refractivity contribution in [1.82, 2.24) is 24.2 Å². The Hall–Kier alpha value is -7.29. The highest BCUT2D eigenvalue weighted by Crippen LogP contribution is 2.52. The number of benzene rings is 5. The van der Waals surface area contributed by atoms with Crippen LogP contribution in [-0.2, 0) is 28.9 Å². The number of aromatic nitrogens is 4. The van der Waals surface area contributed by atoms with Crippen LogP contribution in [-0.4, -0.2) is 87.9 Å². The Balaban J connectivity index is 1.29. The molecule has 1 aliphatic rings. The molecule has 0 saturated carbocycles. The first-order chi connectivity index (χ1) is 34.9. The van der Waals surface area contributed by atoms with Gasteiger partial charge in [-0.05, 0) is 92.9 Å². The standard InChI is InChI=1S/C54H57N8O9P/c1-36(2)62(37(3)4)72(68-33-17-32-55)71-48-46(70-54(39-18-11-8-12-19-39,40-24-28-44(65-6)29-25-40)41-26-30-45(66-7)31-27-41)34-67-51(48)60-35-56-47-49(60)58-52(57-38(5)63)59-50(47)69-53(64)61(42-20-13-9-14-21-42)43-22-15-10-16-23-43/h8-16,18-31,35-37,46,48,51H,17,33-34H2,1-7H3,(H,57,58,59,63)/t46-,48?,51+,72?/m0/s1. The van der Waals surface area contributed by atoms with Crippen LogP contribution < -0.4 is 24.4 Å². The summed E-state index contributed by atoms with van der Waals surface area (Å²) in [4.78, 5) is 42.5. The highest BCUT2D eigenvalue weighted by Gasteiger charge is 2.50. The highest BCUT2D eigenvalue weighted by atomic mass is 31.2. The first kappa shape index (κ1) is 51.1. The fourth-order valence-corrected chi connectivity index (χ4v) is 10.4. The van der Waals surface area contributed by atoms with E-state index in [2.05, 4.69) is 48.7 Å². The van der Waals surface area contributed by atoms with Crippen molar-refractivity contribution in [2.75, 3.05) is 37.7 Å². The number of rotatable bonds is 20. The second-order valence-corrected chi connectivity index (χ2v) is 18.6. The van der Waals surface area contributed by atoms with Crippen LogP contribution in [0.1, 0.15) is 64.0 Å². The largest absolute Gasteiger partial charge is 0.497 e. The number of imidazole rings is 1. The van der Waals surface area contributed by atoms with Gasteiger partial charge in [0.15, 0.2) is 17.4 Å². The molecule has 1 aliphatic heterocycles. The molecule has 18 heteroatoms. The lowest BCUT2D eigenvalue weighted by Gasteiger charge is -2.41. The van der Waals surface area contributed by atoms with E-state index in [0.29, 0.717) is 22.9 Å². The molecule has 0 bridgehead atoms. The molecule has 2 unspecified atom stereocenters. The summed E-state index contributed by atoms with van der Waals surface area (Å²) in [7, 11) is 1.32. The van der Waals surface area contributed by atoms with E-state index in [1.54, 1.807) is 43.1 Å². The molecule has 0 aliphatic carbocycles. The fraction of sp³-hybridized carbons (Fsp3) is 0.296. The van der Waals surface area contributed by atoms with Crippen LogP contribution >= 0.6 is 8.53 Å². The Morgan fingerprint density at radius 2 is 1.35 bits per heavy atom. The molecule has 0 spiro atoms. The van der Waals surface area contributed by atoms with Gasteiger partial charge >= 0.3 is 6.09 Å². The van der Waals surface area contributed by atoms with Gasteiger partial charge in [-0.1, -0.05) is 91.0 Å². The predicted octanol–water partition coefficient (Wildman–Crippen LogP) is 10.7. The lowest BCUT2D eigenvalue weighted by molar-refractivity contribution is -0.114. The minimum atomic E-state index is -1.91. The molecule has 1 saturated heterocycles. The average molecular weight is 993 g/mol. The molecule has 5 aromatic carbocycles. The first-order valence-corrected chi connectivity index (χ1v) is 24.6. The monoisotopic (exact) mass is 992 g/mol. The maximum atomic E-state index is 14.4. The smallest absolute Gasteiger partial charge is 0.425 e. The third-order valence-corrected chi connectivity index (χ3v) is 13.9. The van der Waals surface area contributed by atoms with Gasteiger partial charge in [0.2, 0.25) is 11.9 Å². The second-order valence-electron chi connectivity index (χ2n) is 17.2. The molecule has 17 nitrogen and oxygen atoms in total. The number of fused-ring (bicyclic) bond motifs is 1. The van der Waals surface area contributed by atoms with E-state index in [1.165, 1.54) is 18.2 Å². The number of nitrogens with one attached hydrogen (secondary N) is 1. The van der Waals surface area contributed by atoms with Crippen molar-refractivity contribution in [1.29, 1.82) is 5.26 Å². The molecule has 2 aromatic heterocycles. The predicted molar refractivity (Wildman–Crippen MR) is 273 cm³/mol. The molecule has 7 aromatic rings. The number of nitriles is 1. The number of ether oxygens (including phenoxy) is 5. The molecule has 1 N–H and O–H groups in total. The molecule has 372 valence electrons. The zero-order valence-electron chi connectivity index (χ0n) is 41.1. The van der Waals surface area contributed by atoms with E-state index in [9.17, 15) is 14.9 Å². The number of hydrogen-bond donors (Lipinski definition) is 1. The number of para-hydroxylation sites is 2. The van der Waals surface area contributed by atoms with Crippen LogP contribution in [0.25, 0.3) is 11.2 Å². The van der Waals surface area contributed by atoms with Gasteiger partial charge < -0.3 is 32.7 Å². The lowest BCUT2D eigenvalue weighted by Crippen LogP contribution is -2.43. The van der Waals surface area contributed by atoms with Crippen molar-refractivity contribution in [3.63, 3.8) is 0 Å². The van der Waals surface area contributed by atoms with E-state index in [0.717, 1.165) is 16.7 Å². The number of amides is 2. The van der Waals surface area contributed by atoms with Crippen LogP contribution in [0.2, 0.25) is 0 Å². The Morgan fingerprint density at radius 3 is 1.86 bits per heavy atom. The summed E-state index contributed by atoms with van der Waals surface area (Å²) in [5.74, 6) is 0.492. The molecular weight excluding hydrogens is 936 g/mol. The van der Waals surface area contributed by atoms with Gasteiger partial charge in [-0.25, -0.2) is 19.3 Å². The lowest BCUT2D eigenvalue weighted by atomic mass is 9.79. The van der Waals surface area contributed by atoms with E-state index < -0.39 is 44.6 Å². The maximum absolute atomic E-state index is 14.4. The van der Waals surface area contributed by atoms with Crippen molar-refractivity contribution in [3.05, 3.63) is 163 Å². The van der Waals surface area contributed by atoms with Crippen molar-refractivity contribution in [3.8, 4) is 23.4 Å². The first-order valence-electron chi connectivity index (χ1n) is 23.5. The Kier molecular flexibility index (Phi) is 16.5. The van der Waals surface area contributed by atoms with E-state index >= 15 is 0 Å². The van der Waals surface area contributed by atoms with Crippen LogP contribution in [0.5, 0.6) is 17.4 Å². The normalized spacial score (nSPS) is 16.2.